The monoisotopic (exact) mass is 495 g/mol. The molecule has 2 aromatic carbocycles. The van der Waals surface area contributed by atoms with E-state index in [9.17, 15) is 18.0 Å². The van der Waals surface area contributed by atoms with Crippen molar-refractivity contribution in [1.29, 1.82) is 0 Å². The van der Waals surface area contributed by atoms with E-state index in [0.717, 1.165) is 25.0 Å². The molecular weight excluding hydrogens is 484 g/mol. The van der Waals surface area contributed by atoms with E-state index in [-0.39, 0.29) is 37.1 Å². The number of hydrogen-bond donors (Lipinski definition) is 1. The number of halogens is 4. The smallest absolute Gasteiger partial charge is 0.340 e. The van der Waals surface area contributed by atoms with Gasteiger partial charge in [0.05, 0.1) is 20.6 Å². The van der Waals surface area contributed by atoms with Crippen LogP contribution in [0, 0.1) is 0 Å². The minimum absolute atomic E-state index is 0.109. The van der Waals surface area contributed by atoms with Gasteiger partial charge in [0, 0.05) is 16.6 Å². The molecule has 0 aliphatic heterocycles. The van der Waals surface area contributed by atoms with E-state index in [1.165, 1.54) is 18.2 Å². The molecule has 0 unspecified atom stereocenters. The average molecular weight is 497 g/mol. The molecule has 1 aliphatic carbocycles. The quantitative estimate of drug-likeness (QED) is 0.440. The second-order valence-electron chi connectivity index (χ2n) is 6.28. The summed E-state index contributed by atoms with van der Waals surface area (Å²) in [6.07, 6.45) is 1.46. The Morgan fingerprint density at radius 2 is 1.62 bits per heavy atom. The summed E-state index contributed by atoms with van der Waals surface area (Å²) >= 11 is 23.8. The molecule has 154 valence electrons. The first-order chi connectivity index (χ1) is 13.6. The van der Waals surface area contributed by atoms with Crippen molar-refractivity contribution in [3.63, 3.8) is 0 Å². The first kappa shape index (κ1) is 22.3. The standard InChI is InChI=1S/C18H13Cl4NO5S/c19-9-1-4-11(13(20)5-9)16(24)8-28-18(25)12-6-17(15(22)7-14(12)21)29(26,27)23-10-2-3-10/h1,4-7,10,23H,2-3,8H2. The number of rotatable bonds is 7. The highest BCUT2D eigenvalue weighted by molar-refractivity contribution is 7.89. The number of sulfonamides is 1. The maximum atomic E-state index is 12.4. The SMILES string of the molecule is O=C(COC(=O)c1cc(S(=O)(=O)NC2CC2)c(Cl)cc1Cl)c1ccc(Cl)cc1Cl. The number of ether oxygens (including phenoxy) is 1. The number of nitrogens with one attached hydrogen (secondary N) is 1. The van der Waals surface area contributed by atoms with Gasteiger partial charge in [0.25, 0.3) is 0 Å². The molecule has 0 bridgehead atoms. The Balaban J connectivity index is 1.78. The normalized spacial score (nSPS) is 13.9. The predicted octanol–water partition coefficient (Wildman–Crippen LogP) is 4.78. The summed E-state index contributed by atoms with van der Waals surface area (Å²) in [5.74, 6) is -1.54. The molecule has 0 atom stereocenters. The van der Waals surface area contributed by atoms with E-state index in [2.05, 4.69) is 4.72 Å². The van der Waals surface area contributed by atoms with E-state index >= 15 is 0 Å². The van der Waals surface area contributed by atoms with Crippen LogP contribution < -0.4 is 4.72 Å². The van der Waals surface area contributed by atoms with Crippen molar-refractivity contribution >= 4 is 68.2 Å². The summed E-state index contributed by atoms with van der Waals surface area (Å²) in [4.78, 5) is 24.3. The molecule has 1 N–H and O–H groups in total. The topological polar surface area (TPSA) is 89.5 Å². The molecule has 0 aromatic heterocycles. The highest BCUT2D eigenvalue weighted by Gasteiger charge is 2.30. The molecule has 0 spiro atoms. The number of benzene rings is 2. The van der Waals surface area contributed by atoms with Crippen molar-refractivity contribution < 1.29 is 22.7 Å². The Morgan fingerprint density at radius 3 is 2.24 bits per heavy atom. The van der Waals surface area contributed by atoms with Crippen molar-refractivity contribution in [3.8, 4) is 0 Å². The molecule has 6 nitrogen and oxygen atoms in total. The van der Waals surface area contributed by atoms with Gasteiger partial charge in [0.2, 0.25) is 15.8 Å². The van der Waals surface area contributed by atoms with E-state index in [1.54, 1.807) is 0 Å². The molecule has 0 saturated heterocycles. The van der Waals surface area contributed by atoms with Gasteiger partial charge in [0.1, 0.15) is 4.90 Å². The van der Waals surface area contributed by atoms with Gasteiger partial charge in [-0.3, -0.25) is 4.79 Å². The van der Waals surface area contributed by atoms with Gasteiger partial charge in [-0.2, -0.15) is 0 Å². The second kappa shape index (κ2) is 8.79. The van der Waals surface area contributed by atoms with E-state index < -0.39 is 28.4 Å². The number of carbonyl (C=O) groups is 2. The van der Waals surface area contributed by atoms with Crippen LogP contribution in [0.4, 0.5) is 0 Å². The average Bonchev–Trinajstić information content (AvgIpc) is 3.42. The van der Waals surface area contributed by atoms with Crippen LogP contribution in [0.15, 0.2) is 35.2 Å². The third-order valence-corrected chi connectivity index (χ3v) is 6.84. The van der Waals surface area contributed by atoms with E-state index in [4.69, 9.17) is 51.1 Å². The zero-order chi connectivity index (χ0) is 21.3. The number of hydrogen-bond acceptors (Lipinski definition) is 5. The van der Waals surface area contributed by atoms with Crippen molar-refractivity contribution in [2.75, 3.05) is 6.61 Å². The maximum absolute atomic E-state index is 12.4. The molecule has 1 saturated carbocycles. The Kier molecular flexibility index (Phi) is 6.77. The summed E-state index contributed by atoms with van der Waals surface area (Å²) in [6, 6.07) is 6.28. The molecule has 2 aromatic rings. The van der Waals surface area contributed by atoms with Crippen molar-refractivity contribution in [2.45, 2.75) is 23.8 Å². The number of ketones is 1. The van der Waals surface area contributed by atoms with Crippen LogP contribution in [-0.4, -0.2) is 32.8 Å². The molecule has 0 heterocycles. The molecule has 1 fully saturated rings. The van der Waals surface area contributed by atoms with Crippen LogP contribution in [0.25, 0.3) is 0 Å². The first-order valence-corrected chi connectivity index (χ1v) is 11.2. The zero-order valence-corrected chi connectivity index (χ0v) is 18.4. The molecular formula is C18H13Cl4NO5S. The molecule has 0 amide bonds. The van der Waals surface area contributed by atoms with E-state index in [1.807, 2.05) is 0 Å². The Labute approximate surface area is 187 Å². The second-order valence-corrected chi connectivity index (χ2v) is 9.62. The zero-order valence-electron chi connectivity index (χ0n) is 14.5. The van der Waals surface area contributed by atoms with Gasteiger partial charge >= 0.3 is 5.97 Å². The summed E-state index contributed by atoms with van der Waals surface area (Å²) in [7, 11) is -3.93. The molecule has 0 radical (unpaired) electrons. The minimum atomic E-state index is -3.93. The summed E-state index contributed by atoms with van der Waals surface area (Å²) < 4.78 is 32.3. The predicted molar refractivity (Wildman–Crippen MR) is 111 cm³/mol. The first-order valence-electron chi connectivity index (χ1n) is 8.25. The number of carbonyl (C=O) groups excluding carboxylic acids is 2. The molecule has 1 aliphatic rings. The van der Waals surface area contributed by atoms with Crippen LogP contribution >= 0.6 is 46.4 Å². The fourth-order valence-corrected chi connectivity index (χ4v) is 5.05. The largest absolute Gasteiger partial charge is 0.454 e. The van der Waals surface area contributed by atoms with Crippen molar-refractivity contribution in [2.24, 2.45) is 0 Å². The lowest BCUT2D eigenvalue weighted by Gasteiger charge is -2.11. The molecule has 29 heavy (non-hydrogen) atoms. The fourth-order valence-electron chi connectivity index (χ4n) is 2.38. The van der Waals surface area contributed by atoms with Gasteiger partial charge in [-0.1, -0.05) is 46.4 Å². The summed E-state index contributed by atoms with van der Waals surface area (Å²) in [5.41, 5.74) is -0.106. The Morgan fingerprint density at radius 1 is 0.966 bits per heavy atom. The molecule has 3 rings (SSSR count). The van der Waals surface area contributed by atoms with Gasteiger partial charge in [-0.25, -0.2) is 17.9 Å². The number of esters is 1. The summed E-state index contributed by atoms with van der Waals surface area (Å²) in [6.45, 7) is -0.623. The Hall–Kier alpha value is -1.35. The Bertz CT molecular complexity index is 1100. The van der Waals surface area contributed by atoms with Gasteiger partial charge in [0.15, 0.2) is 6.61 Å². The lowest BCUT2D eigenvalue weighted by atomic mass is 10.1. The van der Waals surface area contributed by atoms with Gasteiger partial charge in [-0.05, 0) is 43.2 Å². The third kappa shape index (κ3) is 5.42. The summed E-state index contributed by atoms with van der Waals surface area (Å²) in [5, 5.41) is 0.221. The van der Waals surface area contributed by atoms with Crippen LogP contribution in [0.5, 0.6) is 0 Å². The third-order valence-electron chi connectivity index (χ3n) is 4.00. The van der Waals surface area contributed by atoms with Crippen LogP contribution in [0.2, 0.25) is 20.1 Å². The lowest BCUT2D eigenvalue weighted by Crippen LogP contribution is -2.26. The van der Waals surface area contributed by atoms with Crippen LogP contribution in [0.1, 0.15) is 33.6 Å². The lowest BCUT2D eigenvalue weighted by molar-refractivity contribution is 0.0474. The van der Waals surface area contributed by atoms with Gasteiger partial charge in [-0.15, -0.1) is 0 Å². The molecule has 11 heteroatoms. The van der Waals surface area contributed by atoms with E-state index in [0.29, 0.717) is 5.02 Å². The highest BCUT2D eigenvalue weighted by Crippen LogP contribution is 2.31. The van der Waals surface area contributed by atoms with Crippen LogP contribution in [-0.2, 0) is 14.8 Å². The van der Waals surface area contributed by atoms with Gasteiger partial charge < -0.3 is 4.74 Å². The minimum Gasteiger partial charge on any atom is -0.454 e. The van der Waals surface area contributed by atoms with Crippen molar-refractivity contribution in [3.05, 3.63) is 61.5 Å². The number of Topliss-reactive ketones (excluding diaryl/α,β-unsaturated/α-hetero) is 1. The fraction of sp³-hybridized carbons (Fsp3) is 0.222. The maximum Gasteiger partial charge on any atom is 0.340 e. The highest BCUT2D eigenvalue weighted by atomic mass is 35.5. The van der Waals surface area contributed by atoms with Crippen molar-refractivity contribution in [1.82, 2.24) is 4.72 Å². The van der Waals surface area contributed by atoms with Crippen LogP contribution in [0.3, 0.4) is 0 Å².